The van der Waals surface area contributed by atoms with Gasteiger partial charge < -0.3 is 10.4 Å². The topological polar surface area (TPSA) is 79.2 Å². The average molecular weight is 467 g/mol. The predicted molar refractivity (Wildman–Crippen MR) is 121 cm³/mol. The highest BCUT2D eigenvalue weighted by Crippen LogP contribution is 2.37. The van der Waals surface area contributed by atoms with Crippen LogP contribution in [0.5, 0.6) is 0 Å². The van der Waals surface area contributed by atoms with Gasteiger partial charge in [-0.15, -0.1) is 0 Å². The van der Waals surface area contributed by atoms with Crippen LogP contribution < -0.4 is 10.6 Å². The highest BCUT2D eigenvalue weighted by molar-refractivity contribution is 8.00. The molecule has 10 heteroatoms. The van der Waals surface area contributed by atoms with Crippen molar-refractivity contribution in [1.29, 1.82) is 0 Å². The second kappa shape index (κ2) is 9.99. The van der Waals surface area contributed by atoms with Crippen LogP contribution >= 0.6 is 11.8 Å². The first-order valence-electron chi connectivity index (χ1n) is 9.51. The van der Waals surface area contributed by atoms with E-state index in [0.717, 1.165) is 0 Å². The lowest BCUT2D eigenvalue weighted by atomic mass is 9.92. The van der Waals surface area contributed by atoms with E-state index in [1.54, 1.807) is 12.1 Å². The number of urea groups is 1. The number of nitrogens with one attached hydrogen (secondary N) is 2. The van der Waals surface area contributed by atoms with Crippen molar-refractivity contribution in [2.45, 2.75) is 36.6 Å². The van der Waals surface area contributed by atoms with Crippen LogP contribution in [0.3, 0.4) is 0 Å². The quantitative estimate of drug-likeness (QED) is 0.262. The number of carbonyl (C=O) groups excluding carboxylic acids is 1. The molecule has 0 aliphatic carbocycles. The number of nitrogens with zero attached hydrogens (tertiary/aromatic N) is 2. The summed E-state index contributed by atoms with van der Waals surface area (Å²) in [5.74, 6) is 0.0721. The Balaban J connectivity index is 2.34. The van der Waals surface area contributed by atoms with Gasteiger partial charge in [0.15, 0.2) is 0 Å². The van der Waals surface area contributed by atoms with Crippen molar-refractivity contribution in [3.05, 3.63) is 72.7 Å². The number of hydrogen-bond donors (Lipinski definition) is 3. The minimum Gasteiger partial charge on any atom is -0.508 e. The molecule has 32 heavy (non-hydrogen) atoms. The summed E-state index contributed by atoms with van der Waals surface area (Å²) in [5, 5.41) is 19.3. The molecule has 0 radical (unpaired) electrons. The Hall–Kier alpha value is -3.14. The van der Waals surface area contributed by atoms with Crippen LogP contribution in [0.2, 0.25) is 0 Å². The van der Waals surface area contributed by atoms with Gasteiger partial charge in [0.25, 0.3) is 0 Å². The predicted octanol–water partition coefficient (Wildman–Crippen LogP) is 6.09. The Morgan fingerprint density at radius 1 is 1.28 bits per heavy atom. The Morgan fingerprint density at radius 2 is 1.97 bits per heavy atom. The molecule has 2 aromatic rings. The van der Waals surface area contributed by atoms with Crippen LogP contribution in [-0.2, 0) is 5.41 Å². The number of halogens is 3. The molecule has 6 nitrogen and oxygen atoms in total. The zero-order valence-electron chi connectivity index (χ0n) is 18.0. The normalized spacial score (nSPS) is 12.4. The minimum atomic E-state index is -4.42. The third-order valence-electron chi connectivity index (χ3n) is 4.14. The van der Waals surface area contributed by atoms with Crippen molar-refractivity contribution in [2.24, 2.45) is 0 Å². The molecule has 172 valence electrons. The molecule has 1 aromatic carbocycles. The van der Waals surface area contributed by atoms with Crippen LogP contribution in [0.25, 0.3) is 5.69 Å². The zero-order chi connectivity index (χ0) is 24.1. The number of aliphatic hydroxyl groups excluding tert-OH is 1. The van der Waals surface area contributed by atoms with Crippen LogP contribution in [0, 0.1) is 0 Å². The van der Waals surface area contributed by atoms with Gasteiger partial charge in [-0.2, -0.15) is 18.3 Å². The third kappa shape index (κ3) is 7.23. The summed E-state index contributed by atoms with van der Waals surface area (Å²) in [6.07, 6.45) is 2.96. The number of aliphatic hydroxyl groups is 1. The number of hydrogen-bond acceptors (Lipinski definition) is 4. The van der Waals surface area contributed by atoms with E-state index in [9.17, 15) is 23.1 Å². The Morgan fingerprint density at radius 3 is 2.53 bits per heavy atom. The maximum Gasteiger partial charge on any atom is 0.446 e. The first-order chi connectivity index (χ1) is 14.8. The van der Waals surface area contributed by atoms with Gasteiger partial charge in [-0.25, -0.2) is 9.48 Å². The lowest BCUT2D eigenvalue weighted by Gasteiger charge is -2.14. The zero-order valence-corrected chi connectivity index (χ0v) is 18.8. The molecule has 1 heterocycles. The van der Waals surface area contributed by atoms with Crippen LogP contribution in [0.4, 0.5) is 23.8 Å². The number of rotatable bonds is 7. The molecule has 0 bridgehead atoms. The van der Waals surface area contributed by atoms with E-state index < -0.39 is 11.5 Å². The minimum absolute atomic E-state index is 0.00104. The van der Waals surface area contributed by atoms with Gasteiger partial charge in [-0.05, 0) is 30.0 Å². The number of alkyl halides is 3. The van der Waals surface area contributed by atoms with Gasteiger partial charge in [0.05, 0.1) is 11.4 Å². The Kier molecular flexibility index (Phi) is 7.84. The van der Waals surface area contributed by atoms with Crippen LogP contribution in [0.15, 0.2) is 71.9 Å². The third-order valence-corrected chi connectivity index (χ3v) is 4.87. The molecule has 0 spiro atoms. The fourth-order valence-electron chi connectivity index (χ4n) is 2.58. The van der Waals surface area contributed by atoms with Crippen LogP contribution in [-0.4, -0.2) is 33.0 Å². The lowest BCUT2D eigenvalue weighted by Crippen LogP contribution is -2.31. The maximum absolute atomic E-state index is 12.8. The fraction of sp³-hybridized carbons (Fsp3) is 0.273. The molecular formula is C22H25F3N4O2S. The number of benzene rings is 1. The SMILES string of the molecule is C=C/C=C(/CNC(=O)Nc1cc(C(C)(C)C)nn1-c1cccc(SC(F)(F)F)c1)C(=C)O. The van der Waals surface area contributed by atoms with Crippen LogP contribution in [0.1, 0.15) is 26.5 Å². The maximum atomic E-state index is 12.8. The van der Waals surface area contributed by atoms with Gasteiger partial charge >= 0.3 is 11.5 Å². The molecule has 0 saturated carbocycles. The molecule has 0 fully saturated rings. The van der Waals surface area contributed by atoms with E-state index in [0.29, 0.717) is 17.0 Å². The Bertz CT molecular complexity index is 1040. The highest BCUT2D eigenvalue weighted by Gasteiger charge is 2.29. The summed E-state index contributed by atoms with van der Waals surface area (Å²) in [5.41, 5.74) is -3.42. The second-order valence-corrected chi connectivity index (χ2v) is 8.94. The molecular weight excluding hydrogens is 441 g/mol. The summed E-state index contributed by atoms with van der Waals surface area (Å²) >= 11 is -0.227. The Labute approximate surface area is 188 Å². The summed E-state index contributed by atoms with van der Waals surface area (Å²) in [6.45, 7) is 12.7. The number of carbonyl (C=O) groups is 1. The summed E-state index contributed by atoms with van der Waals surface area (Å²) in [4.78, 5) is 12.5. The standard InChI is InChI=1S/C22H25F3N4O2S/c1-6-8-15(14(2)30)13-26-20(31)27-19-12-18(21(3,4)5)28-29(19)16-9-7-10-17(11-16)32-22(23,24)25/h6-12,30H,1-2,13H2,3-5H3,(H2,26,27,31)/b15-8-. The number of thioether (sulfide) groups is 1. The molecule has 3 N–H and O–H groups in total. The van der Waals surface area contributed by atoms with E-state index in [-0.39, 0.29) is 40.2 Å². The van der Waals surface area contributed by atoms with E-state index >= 15 is 0 Å². The average Bonchev–Trinajstić information content (AvgIpc) is 3.08. The number of allylic oxidation sites excluding steroid dienone is 2. The molecule has 0 aliphatic heterocycles. The van der Waals surface area contributed by atoms with Gasteiger partial charge in [0.2, 0.25) is 0 Å². The molecule has 2 rings (SSSR count). The first-order valence-corrected chi connectivity index (χ1v) is 10.3. The smallest absolute Gasteiger partial charge is 0.446 e. The number of aromatic nitrogens is 2. The number of anilines is 1. The van der Waals surface area contributed by atoms with Crippen molar-refractivity contribution in [3.63, 3.8) is 0 Å². The molecule has 0 aliphatic rings. The lowest BCUT2D eigenvalue weighted by molar-refractivity contribution is -0.0328. The molecule has 0 atom stereocenters. The van der Waals surface area contributed by atoms with Crippen molar-refractivity contribution < 1.29 is 23.1 Å². The van der Waals surface area contributed by atoms with Crippen molar-refractivity contribution in [2.75, 3.05) is 11.9 Å². The van der Waals surface area contributed by atoms with Crippen molar-refractivity contribution >= 4 is 23.6 Å². The number of amides is 2. The molecule has 0 saturated heterocycles. The second-order valence-electron chi connectivity index (χ2n) is 7.80. The summed E-state index contributed by atoms with van der Waals surface area (Å²) in [7, 11) is 0. The van der Waals surface area contributed by atoms with Gasteiger partial charge in [0, 0.05) is 28.5 Å². The molecule has 2 amide bonds. The van der Waals surface area contributed by atoms with E-state index in [1.807, 2.05) is 20.8 Å². The molecule has 1 aromatic heterocycles. The van der Waals surface area contributed by atoms with Gasteiger partial charge in [-0.3, -0.25) is 5.32 Å². The first kappa shape index (κ1) is 25.1. The van der Waals surface area contributed by atoms with E-state index in [1.165, 1.54) is 35.0 Å². The van der Waals surface area contributed by atoms with E-state index in [2.05, 4.69) is 28.9 Å². The molecule has 0 unspecified atom stereocenters. The summed E-state index contributed by atoms with van der Waals surface area (Å²) in [6, 6.07) is 6.86. The van der Waals surface area contributed by atoms with E-state index in [4.69, 9.17) is 0 Å². The largest absolute Gasteiger partial charge is 0.508 e. The fourth-order valence-corrected chi connectivity index (χ4v) is 3.17. The monoisotopic (exact) mass is 466 g/mol. The summed E-state index contributed by atoms with van der Waals surface area (Å²) < 4.78 is 39.7. The van der Waals surface area contributed by atoms with Crippen molar-refractivity contribution in [1.82, 2.24) is 15.1 Å². The van der Waals surface area contributed by atoms with Crippen molar-refractivity contribution in [3.8, 4) is 5.69 Å². The highest BCUT2D eigenvalue weighted by atomic mass is 32.2. The van der Waals surface area contributed by atoms with Gasteiger partial charge in [-0.1, -0.05) is 52.1 Å². The van der Waals surface area contributed by atoms with Gasteiger partial charge in [0.1, 0.15) is 11.6 Å².